The van der Waals surface area contributed by atoms with Gasteiger partial charge in [0, 0.05) is 0 Å². The van der Waals surface area contributed by atoms with Gasteiger partial charge in [-0.3, -0.25) is 0 Å². The lowest BCUT2D eigenvalue weighted by Gasteiger charge is -2.12. The van der Waals surface area contributed by atoms with Crippen LogP contribution in [0.5, 0.6) is 0 Å². The quantitative estimate of drug-likeness (QED) is 0.799. The van der Waals surface area contributed by atoms with Crippen LogP contribution in [0.1, 0.15) is 5.56 Å². The summed E-state index contributed by atoms with van der Waals surface area (Å²) in [6, 6.07) is 6.05. The number of benzene rings is 2. The molecular formula is C13H11F3N2. The number of hydrogen-bond donors (Lipinski definition) is 2. The topological polar surface area (TPSA) is 38.0 Å². The third-order valence-corrected chi connectivity index (χ3v) is 2.56. The van der Waals surface area contributed by atoms with Crippen LogP contribution in [0.25, 0.3) is 0 Å². The molecule has 5 heteroatoms. The summed E-state index contributed by atoms with van der Waals surface area (Å²) in [5.41, 5.74) is 5.90. The summed E-state index contributed by atoms with van der Waals surface area (Å²) < 4.78 is 40.1. The van der Waals surface area contributed by atoms with Crippen LogP contribution in [0, 0.1) is 24.4 Å². The first kappa shape index (κ1) is 12.3. The Kier molecular flexibility index (Phi) is 3.14. The minimum Gasteiger partial charge on any atom is -0.397 e. The average molecular weight is 252 g/mol. The number of nitrogens with two attached hydrogens (primary N) is 1. The number of halogens is 3. The van der Waals surface area contributed by atoms with Crippen molar-refractivity contribution in [1.29, 1.82) is 0 Å². The minimum absolute atomic E-state index is 0.0790. The molecule has 3 N–H and O–H groups in total. The Bertz CT molecular complexity index is 597. The fourth-order valence-electron chi connectivity index (χ4n) is 1.55. The fraction of sp³-hybridized carbons (Fsp3) is 0.0769. The van der Waals surface area contributed by atoms with Gasteiger partial charge in [0.15, 0.2) is 5.82 Å². The molecule has 2 rings (SSSR count). The van der Waals surface area contributed by atoms with Gasteiger partial charge in [0.2, 0.25) is 0 Å². The second-order valence-electron chi connectivity index (χ2n) is 3.91. The predicted molar refractivity (Wildman–Crippen MR) is 65.2 cm³/mol. The van der Waals surface area contributed by atoms with Crippen LogP contribution in [-0.2, 0) is 0 Å². The highest BCUT2D eigenvalue weighted by Crippen LogP contribution is 2.28. The van der Waals surface area contributed by atoms with E-state index in [1.54, 1.807) is 0 Å². The minimum atomic E-state index is -0.734. The maximum absolute atomic E-state index is 13.7. The Morgan fingerprint density at radius 1 is 1.06 bits per heavy atom. The Labute approximate surface area is 102 Å². The Morgan fingerprint density at radius 3 is 2.44 bits per heavy atom. The average Bonchev–Trinajstić information content (AvgIpc) is 2.32. The predicted octanol–water partition coefficient (Wildman–Crippen LogP) is 3.74. The molecule has 0 saturated carbocycles. The molecule has 0 amide bonds. The van der Waals surface area contributed by atoms with Gasteiger partial charge in [-0.2, -0.15) is 0 Å². The highest BCUT2D eigenvalue weighted by atomic mass is 19.1. The van der Waals surface area contributed by atoms with E-state index in [1.165, 1.54) is 19.1 Å². The smallest absolute Gasteiger partial charge is 0.152 e. The van der Waals surface area contributed by atoms with Crippen molar-refractivity contribution in [3.63, 3.8) is 0 Å². The summed E-state index contributed by atoms with van der Waals surface area (Å²) in [5, 5.41) is 2.54. The summed E-state index contributed by atoms with van der Waals surface area (Å²) in [7, 11) is 0. The molecule has 0 aliphatic rings. The van der Waals surface area contributed by atoms with Gasteiger partial charge in [-0.15, -0.1) is 0 Å². The molecule has 0 aliphatic carbocycles. The van der Waals surface area contributed by atoms with Crippen molar-refractivity contribution in [2.75, 3.05) is 11.1 Å². The maximum atomic E-state index is 13.7. The number of rotatable bonds is 2. The van der Waals surface area contributed by atoms with Gasteiger partial charge in [0.1, 0.15) is 17.3 Å². The molecule has 0 radical (unpaired) electrons. The zero-order chi connectivity index (χ0) is 13.3. The van der Waals surface area contributed by atoms with Crippen molar-refractivity contribution in [2.24, 2.45) is 0 Å². The molecule has 0 unspecified atom stereocenters. The molecule has 0 bridgehead atoms. The van der Waals surface area contributed by atoms with Crippen LogP contribution in [0.2, 0.25) is 0 Å². The molecule has 2 nitrogen and oxygen atoms in total. The summed E-state index contributed by atoms with van der Waals surface area (Å²) in [5.74, 6) is -1.94. The number of aryl methyl sites for hydroxylation is 1. The molecule has 0 atom stereocenters. The van der Waals surface area contributed by atoms with E-state index in [-0.39, 0.29) is 17.1 Å². The van der Waals surface area contributed by atoms with Crippen LogP contribution >= 0.6 is 0 Å². The summed E-state index contributed by atoms with van der Waals surface area (Å²) in [4.78, 5) is 0. The molecule has 0 fully saturated rings. The van der Waals surface area contributed by atoms with Crippen molar-refractivity contribution < 1.29 is 13.2 Å². The van der Waals surface area contributed by atoms with Crippen LogP contribution in [-0.4, -0.2) is 0 Å². The van der Waals surface area contributed by atoms with Gasteiger partial charge in [0.05, 0.1) is 11.4 Å². The summed E-state index contributed by atoms with van der Waals surface area (Å²) in [6.45, 7) is 1.52. The van der Waals surface area contributed by atoms with Crippen molar-refractivity contribution >= 4 is 17.1 Å². The fourth-order valence-corrected chi connectivity index (χ4v) is 1.55. The molecule has 0 saturated heterocycles. The van der Waals surface area contributed by atoms with E-state index in [0.717, 1.165) is 18.2 Å². The van der Waals surface area contributed by atoms with E-state index < -0.39 is 17.5 Å². The highest BCUT2D eigenvalue weighted by Gasteiger charge is 2.12. The molecular weight excluding hydrogens is 241 g/mol. The van der Waals surface area contributed by atoms with E-state index in [9.17, 15) is 13.2 Å². The lowest BCUT2D eigenvalue weighted by atomic mass is 10.2. The van der Waals surface area contributed by atoms with Crippen LogP contribution in [0.3, 0.4) is 0 Å². The summed E-state index contributed by atoms with van der Waals surface area (Å²) >= 11 is 0. The Balaban J connectivity index is 2.43. The van der Waals surface area contributed by atoms with E-state index in [4.69, 9.17) is 5.73 Å². The molecule has 2 aromatic carbocycles. The first-order valence-electron chi connectivity index (χ1n) is 5.25. The number of nitrogen functional groups attached to an aromatic ring is 1. The third kappa shape index (κ3) is 2.25. The Hall–Kier alpha value is -2.17. The molecule has 18 heavy (non-hydrogen) atoms. The molecule has 0 spiro atoms. The molecule has 0 aromatic heterocycles. The second kappa shape index (κ2) is 4.60. The van der Waals surface area contributed by atoms with Crippen LogP contribution in [0.4, 0.5) is 30.2 Å². The molecule has 0 aliphatic heterocycles. The lowest BCUT2D eigenvalue weighted by Crippen LogP contribution is -2.02. The van der Waals surface area contributed by atoms with Crippen molar-refractivity contribution in [3.8, 4) is 0 Å². The van der Waals surface area contributed by atoms with E-state index >= 15 is 0 Å². The Morgan fingerprint density at radius 2 is 1.78 bits per heavy atom. The molecule has 2 aromatic rings. The highest BCUT2D eigenvalue weighted by molar-refractivity contribution is 5.73. The first-order chi connectivity index (χ1) is 8.49. The maximum Gasteiger partial charge on any atom is 0.152 e. The molecule has 94 valence electrons. The van der Waals surface area contributed by atoms with Gasteiger partial charge in [-0.05, 0) is 36.8 Å². The van der Waals surface area contributed by atoms with E-state index in [1.807, 2.05) is 0 Å². The lowest BCUT2D eigenvalue weighted by molar-refractivity contribution is 0.585. The van der Waals surface area contributed by atoms with E-state index in [0.29, 0.717) is 5.56 Å². The zero-order valence-corrected chi connectivity index (χ0v) is 9.60. The van der Waals surface area contributed by atoms with Gasteiger partial charge >= 0.3 is 0 Å². The summed E-state index contributed by atoms with van der Waals surface area (Å²) in [6.07, 6.45) is 0. The largest absolute Gasteiger partial charge is 0.397 e. The SMILES string of the molecule is Cc1ccc(F)c(Nc2ccc(F)cc2N)c1F. The van der Waals surface area contributed by atoms with Crippen molar-refractivity contribution in [1.82, 2.24) is 0 Å². The third-order valence-electron chi connectivity index (χ3n) is 2.56. The zero-order valence-electron chi connectivity index (χ0n) is 9.60. The van der Waals surface area contributed by atoms with Crippen molar-refractivity contribution in [2.45, 2.75) is 6.92 Å². The van der Waals surface area contributed by atoms with Gasteiger partial charge < -0.3 is 11.1 Å². The first-order valence-corrected chi connectivity index (χ1v) is 5.25. The normalized spacial score (nSPS) is 10.4. The van der Waals surface area contributed by atoms with Gasteiger partial charge in [0.25, 0.3) is 0 Å². The monoisotopic (exact) mass is 252 g/mol. The van der Waals surface area contributed by atoms with Gasteiger partial charge in [-0.1, -0.05) is 6.07 Å². The molecule has 0 heterocycles. The van der Waals surface area contributed by atoms with E-state index in [2.05, 4.69) is 5.32 Å². The number of hydrogen-bond acceptors (Lipinski definition) is 2. The van der Waals surface area contributed by atoms with Gasteiger partial charge in [-0.25, -0.2) is 13.2 Å². The van der Waals surface area contributed by atoms with Crippen LogP contribution < -0.4 is 11.1 Å². The number of anilines is 3. The van der Waals surface area contributed by atoms with Crippen molar-refractivity contribution in [3.05, 3.63) is 53.3 Å². The number of nitrogens with one attached hydrogen (secondary N) is 1. The van der Waals surface area contributed by atoms with Crippen LogP contribution in [0.15, 0.2) is 30.3 Å². The standard InChI is InChI=1S/C13H11F3N2/c1-7-2-4-9(15)13(12(7)16)18-11-5-3-8(14)6-10(11)17/h2-6,18H,17H2,1H3. The second-order valence-corrected chi connectivity index (χ2v) is 3.91.